The molecule has 0 spiro atoms. The highest BCUT2D eigenvalue weighted by Crippen LogP contribution is 2.42. The molecule has 6 heterocycles. The maximum atomic E-state index is 13.7. The average Bonchev–Trinajstić information content (AvgIpc) is 0.766. The number of hydrogen-bond donors (Lipinski definition) is 3. The van der Waals surface area contributed by atoms with Crippen LogP contribution in [-0.2, 0) is 136 Å². The number of ether oxygens (including phenoxy) is 18. The predicted molar refractivity (Wildman–Crippen MR) is 395 cm³/mol. The van der Waals surface area contributed by atoms with Gasteiger partial charge in [0.25, 0.3) is 0 Å². The van der Waals surface area contributed by atoms with E-state index in [1.165, 1.54) is 6.92 Å². The standard InChI is InChI=1S/C86H105NO21/c1-53-71(92-45-60-32-18-10-19-33-60)75(96-49-64-40-26-14-27-41-64)66(51-91-44-59-30-16-9-17-31-59)103-82(53)105-78-69(89)84(101-55(3)72(78)93-46-61-34-20-11-21-35-61)107-81-80(97-50-65-42-28-15-29-43-65)74(95-48-63-38-24-13-25-39-63)57(5)102-85(81)106-79-70(90)83(100-56(4)73(79)94-47-62-36-22-12-23-37-62)104-77-68(87-58(6)88)54(2)99-67-52-98-86(7,8)108-76(67)77/h9-43,53-57,66-85,89-90H,44-52H2,1-8H3,(H,87,88)/t53?,54-,55?,56?,57?,66-,67?,68?,69?,70?,71?,72+,73+,74+,75-,76+,77+,78+,79+,80-,81?,82+,83-,84-,85-/m0/s1. The average molecular weight is 1490 g/mol. The molecule has 0 bridgehead atoms. The van der Waals surface area contributed by atoms with E-state index >= 15 is 0 Å². The lowest BCUT2D eigenvalue weighted by Crippen LogP contribution is -2.70. The van der Waals surface area contributed by atoms with Crippen LogP contribution >= 0.6 is 0 Å². The van der Waals surface area contributed by atoms with Crippen LogP contribution in [0.3, 0.4) is 0 Å². The van der Waals surface area contributed by atoms with Gasteiger partial charge in [-0.1, -0.05) is 219 Å². The van der Waals surface area contributed by atoms with E-state index < -0.39 is 159 Å². The molecule has 580 valence electrons. The van der Waals surface area contributed by atoms with E-state index in [0.29, 0.717) is 6.61 Å². The third-order valence-corrected chi connectivity index (χ3v) is 20.8. The number of nitrogens with one attached hydrogen (secondary N) is 1. The number of aliphatic hydroxyl groups excluding tert-OH is 2. The van der Waals surface area contributed by atoms with Crippen molar-refractivity contribution in [3.05, 3.63) is 251 Å². The van der Waals surface area contributed by atoms with Crippen LogP contribution in [0.4, 0.5) is 0 Å². The molecule has 22 nitrogen and oxygen atoms in total. The molecule has 1 amide bonds. The molecule has 6 aliphatic heterocycles. The number of fused-ring (bicyclic) bond motifs is 1. The molecule has 0 radical (unpaired) electrons. The predicted octanol–water partition coefficient (Wildman–Crippen LogP) is 11.0. The number of benzene rings is 7. The molecule has 7 aromatic rings. The summed E-state index contributed by atoms with van der Waals surface area (Å²) in [5.74, 6) is -1.96. The van der Waals surface area contributed by atoms with Crippen LogP contribution in [0.25, 0.3) is 0 Å². The summed E-state index contributed by atoms with van der Waals surface area (Å²) >= 11 is 0. The maximum absolute atomic E-state index is 13.7. The van der Waals surface area contributed by atoms with Gasteiger partial charge in [0.05, 0.1) is 96.0 Å². The largest absolute Gasteiger partial charge is 0.385 e. The second kappa shape index (κ2) is 38.0. The molecule has 108 heavy (non-hydrogen) atoms. The highest BCUT2D eigenvalue weighted by Gasteiger charge is 2.59. The van der Waals surface area contributed by atoms with Crippen molar-refractivity contribution in [3.63, 3.8) is 0 Å². The van der Waals surface area contributed by atoms with Crippen molar-refractivity contribution < 1.29 is 100 Å². The first-order chi connectivity index (χ1) is 52.5. The molecule has 6 aliphatic rings. The van der Waals surface area contributed by atoms with E-state index in [0.717, 1.165) is 38.9 Å². The van der Waals surface area contributed by atoms with Gasteiger partial charge in [-0.2, -0.15) is 0 Å². The number of carbonyl (C=O) groups excluding carboxylic acids is 1. The first kappa shape index (κ1) is 79.3. The smallest absolute Gasteiger partial charge is 0.217 e. The molecule has 0 aliphatic carbocycles. The van der Waals surface area contributed by atoms with Crippen LogP contribution in [0.15, 0.2) is 212 Å². The lowest BCUT2D eigenvalue weighted by molar-refractivity contribution is -0.405. The summed E-state index contributed by atoms with van der Waals surface area (Å²) in [4.78, 5) is 13.1. The Morgan fingerprint density at radius 1 is 0.389 bits per heavy atom. The highest BCUT2D eigenvalue weighted by molar-refractivity contribution is 5.73. The minimum absolute atomic E-state index is 0.0685. The number of hydrogen-bond acceptors (Lipinski definition) is 21. The van der Waals surface area contributed by atoms with E-state index in [1.54, 1.807) is 13.8 Å². The second-order valence-corrected chi connectivity index (χ2v) is 29.4. The normalized spacial score (nSPS) is 34.1. The van der Waals surface area contributed by atoms with Gasteiger partial charge in [0.15, 0.2) is 30.9 Å². The van der Waals surface area contributed by atoms with Crippen molar-refractivity contribution in [3.8, 4) is 0 Å². The van der Waals surface area contributed by atoms with Crippen molar-refractivity contribution >= 4 is 5.91 Å². The fourth-order valence-corrected chi connectivity index (χ4v) is 15.1. The van der Waals surface area contributed by atoms with Crippen molar-refractivity contribution in [2.24, 2.45) is 5.92 Å². The summed E-state index contributed by atoms with van der Waals surface area (Å²) in [5.41, 5.74) is 6.34. The Morgan fingerprint density at radius 2 is 0.731 bits per heavy atom. The van der Waals surface area contributed by atoms with Crippen molar-refractivity contribution in [1.82, 2.24) is 5.32 Å². The zero-order chi connectivity index (χ0) is 75.1. The summed E-state index contributed by atoms with van der Waals surface area (Å²) in [6.07, 6.45) is -24.3. The third kappa shape index (κ3) is 20.5. The van der Waals surface area contributed by atoms with Gasteiger partial charge >= 0.3 is 0 Å². The van der Waals surface area contributed by atoms with Crippen LogP contribution in [-0.4, -0.2) is 182 Å². The maximum Gasteiger partial charge on any atom is 0.217 e. The summed E-state index contributed by atoms with van der Waals surface area (Å²) < 4.78 is 125. The van der Waals surface area contributed by atoms with Crippen LogP contribution in [0.1, 0.15) is 94.3 Å². The Hall–Kier alpha value is -6.79. The molecule has 22 heteroatoms. The molecule has 13 rings (SSSR count). The molecular formula is C86H105NO21. The Bertz CT molecular complexity index is 3790. The fraction of sp³-hybridized carbons (Fsp3) is 0.500. The molecule has 3 N–H and O–H groups in total. The van der Waals surface area contributed by atoms with E-state index in [9.17, 15) is 15.0 Å². The van der Waals surface area contributed by atoms with Crippen LogP contribution in [0.5, 0.6) is 0 Å². The van der Waals surface area contributed by atoms with Gasteiger partial charge in [-0.05, 0) is 80.5 Å². The first-order valence-electron chi connectivity index (χ1n) is 37.9. The Balaban J connectivity index is 0.869. The van der Waals surface area contributed by atoms with E-state index in [4.69, 9.17) is 85.3 Å². The SMILES string of the molecule is CC(=O)NC1[C@H](C)OC2COC(C)(C)O[C@H]2[C@@H]1O[C@@H]1OC(C)[C@@H](OCc2ccccc2)[C@H](O[C@@H]2OC(C)[C@@H](OCc3ccccc3)[C@H](OCc3ccccc3)C2O[C@@H]2OC(C)[C@@H](OCc3ccccc3)[C@H](O[C@H]3O[C@@H](COCc4ccccc4)[C@H](OCc4ccccc4)C(OCc4ccccc4)C3C)C2O)C1O. The lowest BCUT2D eigenvalue weighted by atomic mass is 9.91. The van der Waals surface area contributed by atoms with Crippen molar-refractivity contribution in [2.45, 2.75) is 255 Å². The Morgan fingerprint density at radius 3 is 1.15 bits per heavy atom. The molecule has 25 atom stereocenters. The Labute approximate surface area is 633 Å². The molecule has 6 fully saturated rings. The van der Waals surface area contributed by atoms with Gasteiger partial charge in [0.2, 0.25) is 5.91 Å². The number of amides is 1. The van der Waals surface area contributed by atoms with Crippen molar-refractivity contribution in [2.75, 3.05) is 13.2 Å². The minimum atomic E-state index is -1.66. The van der Waals surface area contributed by atoms with Gasteiger partial charge in [-0.25, -0.2) is 0 Å². The van der Waals surface area contributed by atoms with Gasteiger partial charge in [0, 0.05) is 12.8 Å². The molecule has 0 saturated carbocycles. The summed E-state index contributed by atoms with van der Waals surface area (Å²) in [7, 11) is 0. The van der Waals surface area contributed by atoms with E-state index in [1.807, 2.05) is 247 Å². The molecule has 10 unspecified atom stereocenters. The zero-order valence-electron chi connectivity index (χ0n) is 62.7. The van der Waals surface area contributed by atoms with Gasteiger partial charge < -0.3 is 101 Å². The third-order valence-electron chi connectivity index (χ3n) is 20.8. The van der Waals surface area contributed by atoms with Crippen LogP contribution < -0.4 is 5.32 Å². The van der Waals surface area contributed by atoms with Crippen molar-refractivity contribution in [1.29, 1.82) is 0 Å². The zero-order valence-corrected chi connectivity index (χ0v) is 62.7. The monoisotopic (exact) mass is 1490 g/mol. The molecular weight excluding hydrogens is 1380 g/mol. The number of rotatable bonds is 31. The topological polar surface area (TPSA) is 236 Å². The van der Waals surface area contributed by atoms with Gasteiger partial charge in [-0.15, -0.1) is 0 Å². The van der Waals surface area contributed by atoms with Gasteiger partial charge in [-0.3, -0.25) is 4.79 Å². The van der Waals surface area contributed by atoms with E-state index in [2.05, 4.69) is 5.32 Å². The van der Waals surface area contributed by atoms with Gasteiger partial charge in [0.1, 0.15) is 85.5 Å². The fourth-order valence-electron chi connectivity index (χ4n) is 15.1. The lowest BCUT2D eigenvalue weighted by Gasteiger charge is -2.53. The number of carbonyl (C=O) groups is 1. The summed E-state index contributed by atoms with van der Waals surface area (Å²) in [6, 6.07) is 67.9. The summed E-state index contributed by atoms with van der Waals surface area (Å²) in [5, 5.41) is 30.0. The minimum Gasteiger partial charge on any atom is -0.385 e. The Kier molecular flexibility index (Phi) is 27.9. The first-order valence-corrected chi connectivity index (χ1v) is 37.9. The highest BCUT2D eigenvalue weighted by atomic mass is 16.8. The molecule has 7 aromatic carbocycles. The van der Waals surface area contributed by atoms with E-state index in [-0.39, 0.29) is 58.8 Å². The number of aliphatic hydroxyl groups is 2. The quantitative estimate of drug-likeness (QED) is 0.0366. The summed E-state index contributed by atoms with van der Waals surface area (Å²) in [6.45, 7) is 15.8. The molecule has 0 aromatic heterocycles. The van der Waals surface area contributed by atoms with Crippen LogP contribution in [0.2, 0.25) is 0 Å². The molecule has 6 saturated heterocycles. The second-order valence-electron chi connectivity index (χ2n) is 29.4. The van der Waals surface area contributed by atoms with Crippen LogP contribution in [0, 0.1) is 5.92 Å².